The molecule has 0 spiro atoms. The lowest BCUT2D eigenvalue weighted by molar-refractivity contribution is -0.128. The predicted octanol–water partition coefficient (Wildman–Crippen LogP) is 4.71. The van der Waals surface area contributed by atoms with Crippen LogP contribution in [0.1, 0.15) is 58.9 Å². The van der Waals surface area contributed by atoms with E-state index in [1.54, 1.807) is 0 Å². The molecule has 1 fully saturated rings. The van der Waals surface area contributed by atoms with Crippen LogP contribution in [0.2, 0.25) is 0 Å². The molecule has 1 saturated carbocycles. The van der Waals surface area contributed by atoms with Crippen LogP contribution in [-0.2, 0) is 16.0 Å². The van der Waals surface area contributed by atoms with Crippen LogP contribution in [0, 0.1) is 5.92 Å². The Kier molecular flexibility index (Phi) is 9.68. The van der Waals surface area contributed by atoms with Gasteiger partial charge in [-0.25, -0.2) is 4.98 Å². The number of nitrogens with one attached hydrogen (secondary N) is 3. The van der Waals surface area contributed by atoms with Gasteiger partial charge in [-0.05, 0) is 82.2 Å². The first kappa shape index (κ1) is 30.1. The van der Waals surface area contributed by atoms with E-state index in [2.05, 4.69) is 16.0 Å². The van der Waals surface area contributed by atoms with E-state index in [9.17, 15) is 9.59 Å². The maximum absolute atomic E-state index is 13.1. The van der Waals surface area contributed by atoms with Gasteiger partial charge in [0.05, 0.1) is 5.52 Å². The molecule has 0 bridgehead atoms. The van der Waals surface area contributed by atoms with E-state index in [-0.39, 0.29) is 23.5 Å². The second-order valence-corrected chi connectivity index (χ2v) is 12.2. The summed E-state index contributed by atoms with van der Waals surface area (Å²) in [6.07, 6.45) is 4.36. The van der Waals surface area contributed by atoms with Crippen molar-refractivity contribution in [3.63, 3.8) is 0 Å². The molecule has 4 rings (SSSR count). The van der Waals surface area contributed by atoms with Gasteiger partial charge in [-0.15, -0.1) is 0 Å². The molecular formula is C32H44N6O3. The van der Waals surface area contributed by atoms with Crippen molar-refractivity contribution >= 4 is 34.5 Å². The molecule has 3 N–H and O–H groups in total. The Bertz CT molecular complexity index is 1330. The fourth-order valence-electron chi connectivity index (χ4n) is 5.26. The van der Waals surface area contributed by atoms with Gasteiger partial charge in [-0.3, -0.25) is 9.59 Å². The highest BCUT2D eigenvalue weighted by molar-refractivity contribution is 5.90. The summed E-state index contributed by atoms with van der Waals surface area (Å²) in [6.45, 7) is 8.04. The Labute approximate surface area is 243 Å². The number of para-hydroxylation sites is 1. The van der Waals surface area contributed by atoms with E-state index < -0.39 is 6.04 Å². The number of amides is 2. The Morgan fingerprint density at radius 2 is 1.68 bits per heavy atom. The van der Waals surface area contributed by atoms with Gasteiger partial charge < -0.3 is 25.6 Å². The van der Waals surface area contributed by atoms with Gasteiger partial charge in [-0.2, -0.15) is 4.98 Å². The number of hydrogen-bond donors (Lipinski definition) is 3. The predicted molar refractivity (Wildman–Crippen MR) is 164 cm³/mol. The summed E-state index contributed by atoms with van der Waals surface area (Å²) in [6, 6.07) is 15.4. The van der Waals surface area contributed by atoms with E-state index in [0.29, 0.717) is 24.8 Å². The summed E-state index contributed by atoms with van der Waals surface area (Å²) in [4.78, 5) is 36.5. The average molecular weight is 561 g/mol. The molecule has 9 heteroatoms. The molecule has 1 aromatic heterocycles. The standard InChI is InChI=1S/C32H44N6O3/c1-21(39)34-28(19-22-13-17-25(18-14-22)41-32(2,3)4)30(40)33-20-23-11-15-24(16-12-23)35-31-36-27-10-8-7-9-26(27)29(37-31)38(5)6/h7-10,13-14,17-18,23-24,28H,11-12,15-16,19-20H2,1-6H3,(H,33,40)(H,34,39)(H,35,36,37)/t23-,24+,28-/m0/s1. The van der Waals surface area contributed by atoms with Crippen LogP contribution in [-0.4, -0.2) is 60.1 Å². The van der Waals surface area contributed by atoms with Crippen molar-refractivity contribution in [2.45, 2.75) is 77.5 Å². The normalized spacial score (nSPS) is 17.9. The first-order valence-electron chi connectivity index (χ1n) is 14.5. The first-order valence-corrected chi connectivity index (χ1v) is 14.5. The molecule has 2 amide bonds. The maximum atomic E-state index is 13.1. The van der Waals surface area contributed by atoms with Crippen LogP contribution in [0.15, 0.2) is 48.5 Å². The largest absolute Gasteiger partial charge is 0.488 e. The van der Waals surface area contributed by atoms with E-state index in [4.69, 9.17) is 14.7 Å². The number of aromatic nitrogens is 2. The summed E-state index contributed by atoms with van der Waals surface area (Å²) in [5.41, 5.74) is 1.60. The van der Waals surface area contributed by atoms with Crippen molar-refractivity contribution in [2.75, 3.05) is 30.9 Å². The number of hydrogen-bond acceptors (Lipinski definition) is 7. The fraction of sp³-hybridized carbons (Fsp3) is 0.500. The number of fused-ring (bicyclic) bond motifs is 1. The minimum absolute atomic E-state index is 0.156. The summed E-state index contributed by atoms with van der Waals surface area (Å²) >= 11 is 0. The summed E-state index contributed by atoms with van der Waals surface area (Å²) < 4.78 is 5.89. The topological polar surface area (TPSA) is 108 Å². The number of ether oxygens (including phenoxy) is 1. The number of carbonyl (C=O) groups excluding carboxylic acids is 2. The van der Waals surface area contributed by atoms with Gasteiger partial charge in [0.1, 0.15) is 23.2 Å². The molecule has 220 valence electrons. The monoisotopic (exact) mass is 560 g/mol. The lowest BCUT2D eigenvalue weighted by Gasteiger charge is -2.30. The molecule has 0 radical (unpaired) electrons. The van der Waals surface area contributed by atoms with Gasteiger partial charge >= 0.3 is 0 Å². The molecule has 41 heavy (non-hydrogen) atoms. The SMILES string of the molecule is CC(=O)N[C@@H](Cc1ccc(OC(C)(C)C)cc1)C(=O)NC[C@H]1CC[C@@H](Nc2nc(N(C)C)c3ccccc3n2)CC1. The van der Waals surface area contributed by atoms with E-state index in [0.717, 1.165) is 53.7 Å². The molecule has 9 nitrogen and oxygen atoms in total. The zero-order valence-electron chi connectivity index (χ0n) is 25.2. The minimum Gasteiger partial charge on any atom is -0.488 e. The highest BCUT2D eigenvalue weighted by Crippen LogP contribution is 2.28. The summed E-state index contributed by atoms with van der Waals surface area (Å²) in [7, 11) is 3.99. The average Bonchev–Trinajstić information content (AvgIpc) is 2.91. The number of carbonyl (C=O) groups is 2. The molecule has 3 aromatic rings. The Hall–Kier alpha value is -3.88. The second kappa shape index (κ2) is 13.2. The van der Waals surface area contributed by atoms with Crippen LogP contribution in [0.5, 0.6) is 5.75 Å². The number of rotatable bonds is 10. The lowest BCUT2D eigenvalue weighted by atomic mass is 9.86. The van der Waals surface area contributed by atoms with Crippen molar-refractivity contribution in [1.82, 2.24) is 20.6 Å². The molecule has 0 aliphatic heterocycles. The van der Waals surface area contributed by atoms with Crippen molar-refractivity contribution in [3.05, 3.63) is 54.1 Å². The third kappa shape index (κ3) is 8.80. The van der Waals surface area contributed by atoms with E-state index >= 15 is 0 Å². The Morgan fingerprint density at radius 1 is 1.00 bits per heavy atom. The van der Waals surface area contributed by atoms with Gasteiger partial charge in [-0.1, -0.05) is 24.3 Å². The van der Waals surface area contributed by atoms with Crippen molar-refractivity contribution in [3.8, 4) is 5.75 Å². The number of benzene rings is 2. The maximum Gasteiger partial charge on any atom is 0.242 e. The van der Waals surface area contributed by atoms with Crippen LogP contribution in [0.3, 0.4) is 0 Å². The molecule has 1 aliphatic rings. The second-order valence-electron chi connectivity index (χ2n) is 12.2. The van der Waals surface area contributed by atoms with Gasteiger partial charge in [0.25, 0.3) is 0 Å². The Morgan fingerprint density at radius 3 is 2.32 bits per heavy atom. The quantitative estimate of drug-likeness (QED) is 0.330. The van der Waals surface area contributed by atoms with Gasteiger partial charge in [0.15, 0.2) is 0 Å². The highest BCUT2D eigenvalue weighted by Gasteiger charge is 2.25. The first-order chi connectivity index (χ1) is 19.5. The summed E-state index contributed by atoms with van der Waals surface area (Å²) in [5.74, 6) is 2.34. The number of nitrogens with zero attached hydrogens (tertiary/aromatic N) is 3. The van der Waals surface area contributed by atoms with Gasteiger partial charge in [0.2, 0.25) is 17.8 Å². The molecule has 1 atom stereocenters. The van der Waals surface area contributed by atoms with Crippen molar-refractivity contribution in [1.29, 1.82) is 0 Å². The van der Waals surface area contributed by atoms with Crippen molar-refractivity contribution in [2.24, 2.45) is 5.92 Å². The van der Waals surface area contributed by atoms with Crippen LogP contribution < -0.4 is 25.6 Å². The zero-order valence-corrected chi connectivity index (χ0v) is 25.2. The fourth-order valence-corrected chi connectivity index (χ4v) is 5.26. The molecule has 1 aliphatic carbocycles. The van der Waals surface area contributed by atoms with Gasteiger partial charge in [0, 0.05) is 45.4 Å². The molecule has 0 saturated heterocycles. The molecule has 2 aromatic carbocycles. The highest BCUT2D eigenvalue weighted by atomic mass is 16.5. The van der Waals surface area contributed by atoms with Crippen LogP contribution >= 0.6 is 0 Å². The Balaban J connectivity index is 1.28. The zero-order chi connectivity index (χ0) is 29.6. The molecular weight excluding hydrogens is 516 g/mol. The molecule has 1 heterocycles. The smallest absolute Gasteiger partial charge is 0.242 e. The van der Waals surface area contributed by atoms with Crippen molar-refractivity contribution < 1.29 is 14.3 Å². The minimum atomic E-state index is -0.629. The third-order valence-corrected chi connectivity index (χ3v) is 7.23. The lowest BCUT2D eigenvalue weighted by Crippen LogP contribution is -2.48. The van der Waals surface area contributed by atoms with E-state index in [1.807, 2.05) is 88.3 Å². The third-order valence-electron chi connectivity index (χ3n) is 7.23. The van der Waals surface area contributed by atoms with Crippen LogP contribution in [0.25, 0.3) is 10.9 Å². The number of anilines is 2. The van der Waals surface area contributed by atoms with Crippen LogP contribution in [0.4, 0.5) is 11.8 Å². The summed E-state index contributed by atoms with van der Waals surface area (Å²) in [5, 5.41) is 10.5. The van der Waals surface area contributed by atoms with E-state index in [1.165, 1.54) is 6.92 Å². The molecule has 0 unspecified atom stereocenters.